The molecule has 2 fully saturated rings. The minimum absolute atomic E-state index is 0.0446. The van der Waals surface area contributed by atoms with Gasteiger partial charge in [-0.3, -0.25) is 0 Å². The van der Waals surface area contributed by atoms with Gasteiger partial charge in [0.2, 0.25) is 5.95 Å². The number of hydrogen-bond acceptors (Lipinski definition) is 7. The molecule has 6 rings (SSSR count). The average Bonchev–Trinajstić information content (AvgIpc) is 3.60. The summed E-state index contributed by atoms with van der Waals surface area (Å²) in [4.78, 5) is 19.2. The standard InChI is InChI=1S/C35H36F8N6O/c1-2-47(19-22-5-3-4-6-22)32-25(13-24-14-29(36)30(37)16-31(24)46-32)21-49(33-44-17-28(18-45-33)48-7-9-50-10-8-48)20-23-11-26(34(38,39)40)15-27(12-23)35(41,42)43/h11-18,22H,2-10,19-21H2,1H3. The van der Waals surface area contributed by atoms with Crippen molar-refractivity contribution in [2.24, 2.45) is 5.92 Å². The Kier molecular flexibility index (Phi) is 10.3. The third-order valence-corrected chi connectivity index (χ3v) is 9.21. The third-order valence-electron chi connectivity index (χ3n) is 9.21. The van der Waals surface area contributed by atoms with Gasteiger partial charge in [0.1, 0.15) is 5.82 Å². The van der Waals surface area contributed by atoms with Crippen LogP contribution in [0, 0.1) is 17.6 Å². The van der Waals surface area contributed by atoms with Crippen LogP contribution in [0.2, 0.25) is 0 Å². The lowest BCUT2D eigenvalue weighted by atomic mass is 10.0. The molecule has 3 heterocycles. The van der Waals surface area contributed by atoms with Gasteiger partial charge in [-0.25, -0.2) is 23.7 Å². The summed E-state index contributed by atoms with van der Waals surface area (Å²) in [5.74, 6) is -1.28. The molecule has 1 aliphatic heterocycles. The fourth-order valence-electron chi connectivity index (χ4n) is 6.66. The molecule has 0 bridgehead atoms. The van der Waals surface area contributed by atoms with Gasteiger partial charge in [0.05, 0.1) is 47.9 Å². The Labute approximate surface area is 283 Å². The van der Waals surface area contributed by atoms with Crippen molar-refractivity contribution in [3.05, 3.63) is 82.7 Å². The number of benzene rings is 2. The number of morpholine rings is 1. The van der Waals surface area contributed by atoms with E-state index < -0.39 is 41.7 Å². The van der Waals surface area contributed by atoms with Gasteiger partial charge in [-0.05, 0) is 61.6 Å². The molecule has 1 aliphatic carbocycles. The number of pyridine rings is 1. The zero-order chi connectivity index (χ0) is 35.6. The zero-order valence-corrected chi connectivity index (χ0v) is 27.3. The first kappa shape index (κ1) is 35.6. The first-order chi connectivity index (χ1) is 23.8. The molecule has 50 heavy (non-hydrogen) atoms. The lowest BCUT2D eigenvalue weighted by Crippen LogP contribution is -2.36. The molecule has 0 atom stereocenters. The number of alkyl halides is 6. The Morgan fingerprint density at radius 2 is 1.42 bits per heavy atom. The predicted molar refractivity (Wildman–Crippen MR) is 173 cm³/mol. The van der Waals surface area contributed by atoms with Crippen LogP contribution in [-0.2, 0) is 30.2 Å². The van der Waals surface area contributed by atoms with Crippen molar-refractivity contribution in [2.75, 3.05) is 54.1 Å². The molecular formula is C35H36F8N6O. The summed E-state index contributed by atoms with van der Waals surface area (Å²) in [7, 11) is 0. The molecule has 7 nitrogen and oxygen atoms in total. The number of halogens is 8. The third kappa shape index (κ3) is 8.19. The SMILES string of the molecule is CCN(CC1CCCC1)c1nc2cc(F)c(F)cc2cc1CN(Cc1cc(C(F)(F)F)cc(C(F)(F)F)c1)c1ncc(N2CCOCC2)cn1. The predicted octanol–water partition coefficient (Wildman–Crippen LogP) is 8.40. The Bertz CT molecular complexity index is 1760. The second-order valence-corrected chi connectivity index (χ2v) is 12.7. The summed E-state index contributed by atoms with van der Waals surface area (Å²) < 4.78 is 117. The molecule has 1 saturated carbocycles. The van der Waals surface area contributed by atoms with Crippen molar-refractivity contribution >= 4 is 28.4 Å². The summed E-state index contributed by atoms with van der Waals surface area (Å²) in [6.45, 7) is 4.72. The first-order valence-corrected chi connectivity index (χ1v) is 16.5. The Balaban J connectivity index is 1.45. The van der Waals surface area contributed by atoms with Crippen molar-refractivity contribution in [1.29, 1.82) is 0 Å². The maximum Gasteiger partial charge on any atom is 0.416 e. The lowest BCUT2D eigenvalue weighted by molar-refractivity contribution is -0.143. The van der Waals surface area contributed by atoms with Gasteiger partial charge < -0.3 is 19.4 Å². The molecule has 4 aromatic rings. The Morgan fingerprint density at radius 3 is 2.02 bits per heavy atom. The average molecular weight is 709 g/mol. The first-order valence-electron chi connectivity index (χ1n) is 16.5. The quantitative estimate of drug-likeness (QED) is 0.154. The molecule has 2 aromatic carbocycles. The van der Waals surface area contributed by atoms with Crippen LogP contribution in [0.3, 0.4) is 0 Å². The molecular weight excluding hydrogens is 672 g/mol. The Morgan fingerprint density at radius 1 is 0.800 bits per heavy atom. The number of aromatic nitrogens is 3. The van der Waals surface area contributed by atoms with E-state index in [0.717, 1.165) is 37.8 Å². The molecule has 2 aliphatic rings. The van der Waals surface area contributed by atoms with Crippen molar-refractivity contribution in [1.82, 2.24) is 15.0 Å². The molecule has 0 unspecified atom stereocenters. The van der Waals surface area contributed by atoms with Crippen LogP contribution in [-0.4, -0.2) is 54.3 Å². The molecule has 0 N–H and O–H groups in total. The van der Waals surface area contributed by atoms with E-state index in [1.165, 1.54) is 4.90 Å². The molecule has 268 valence electrons. The maximum absolute atomic E-state index is 14.4. The van der Waals surface area contributed by atoms with Crippen molar-refractivity contribution in [2.45, 2.75) is 58.0 Å². The van der Waals surface area contributed by atoms with Gasteiger partial charge in [-0.15, -0.1) is 0 Å². The van der Waals surface area contributed by atoms with Gasteiger partial charge in [-0.1, -0.05) is 12.8 Å². The summed E-state index contributed by atoms with van der Waals surface area (Å²) in [5.41, 5.74) is -1.77. The number of anilines is 3. The molecule has 0 radical (unpaired) electrons. The van der Waals surface area contributed by atoms with Crippen LogP contribution in [0.5, 0.6) is 0 Å². The largest absolute Gasteiger partial charge is 0.416 e. The molecule has 15 heteroatoms. The van der Waals surface area contributed by atoms with E-state index in [-0.39, 0.29) is 35.0 Å². The number of rotatable bonds is 10. The van der Waals surface area contributed by atoms with Gasteiger partial charge in [-0.2, -0.15) is 26.3 Å². The van der Waals surface area contributed by atoms with E-state index in [1.54, 1.807) is 18.5 Å². The van der Waals surface area contributed by atoms with Gasteiger partial charge in [0.25, 0.3) is 0 Å². The highest BCUT2D eigenvalue weighted by Gasteiger charge is 2.37. The highest BCUT2D eigenvalue weighted by atomic mass is 19.4. The minimum Gasteiger partial charge on any atom is -0.378 e. The molecule has 1 saturated heterocycles. The smallest absolute Gasteiger partial charge is 0.378 e. The maximum atomic E-state index is 14.4. The van der Waals surface area contributed by atoms with E-state index >= 15 is 0 Å². The van der Waals surface area contributed by atoms with Crippen LogP contribution in [0.25, 0.3) is 10.9 Å². The molecule has 0 amide bonds. The number of nitrogens with zero attached hydrogens (tertiary/aromatic N) is 6. The van der Waals surface area contributed by atoms with E-state index in [4.69, 9.17) is 9.72 Å². The number of ether oxygens (including phenoxy) is 1. The summed E-state index contributed by atoms with van der Waals surface area (Å²) in [6, 6.07) is 5.09. The number of fused-ring (bicyclic) bond motifs is 1. The topological polar surface area (TPSA) is 57.6 Å². The van der Waals surface area contributed by atoms with Crippen LogP contribution >= 0.6 is 0 Å². The Hall–Kier alpha value is -4.27. The van der Waals surface area contributed by atoms with Crippen molar-refractivity contribution in [3.8, 4) is 0 Å². The highest BCUT2D eigenvalue weighted by molar-refractivity contribution is 5.82. The lowest BCUT2D eigenvalue weighted by Gasteiger charge is -2.31. The molecule has 0 spiro atoms. The minimum atomic E-state index is -5.03. The second kappa shape index (κ2) is 14.5. The van der Waals surface area contributed by atoms with E-state index in [2.05, 4.69) is 9.97 Å². The van der Waals surface area contributed by atoms with Crippen LogP contribution in [0.15, 0.2) is 48.8 Å². The van der Waals surface area contributed by atoms with Crippen LogP contribution in [0.4, 0.5) is 52.6 Å². The fourth-order valence-corrected chi connectivity index (χ4v) is 6.66. The summed E-state index contributed by atoms with van der Waals surface area (Å²) >= 11 is 0. The second-order valence-electron chi connectivity index (χ2n) is 12.7. The van der Waals surface area contributed by atoms with Crippen molar-refractivity contribution < 1.29 is 39.9 Å². The summed E-state index contributed by atoms with van der Waals surface area (Å²) in [6.07, 6.45) is -2.76. The highest BCUT2D eigenvalue weighted by Crippen LogP contribution is 2.37. The number of hydrogen-bond donors (Lipinski definition) is 0. The fraction of sp³-hybridized carbons (Fsp3) is 0.457. The monoisotopic (exact) mass is 708 g/mol. The van der Waals surface area contributed by atoms with E-state index in [0.29, 0.717) is 74.5 Å². The van der Waals surface area contributed by atoms with Gasteiger partial charge in [0.15, 0.2) is 11.6 Å². The van der Waals surface area contributed by atoms with Crippen molar-refractivity contribution in [3.63, 3.8) is 0 Å². The van der Waals surface area contributed by atoms with Crippen LogP contribution in [0.1, 0.15) is 54.9 Å². The van der Waals surface area contributed by atoms with E-state index in [9.17, 15) is 35.1 Å². The summed E-state index contributed by atoms with van der Waals surface area (Å²) in [5, 5.41) is 0.279. The van der Waals surface area contributed by atoms with E-state index in [1.807, 2.05) is 16.7 Å². The van der Waals surface area contributed by atoms with Crippen LogP contribution < -0.4 is 14.7 Å². The zero-order valence-electron chi connectivity index (χ0n) is 27.3. The normalized spacial score (nSPS) is 16.0. The van der Waals surface area contributed by atoms with Gasteiger partial charge >= 0.3 is 12.4 Å². The molecule has 2 aromatic heterocycles. The van der Waals surface area contributed by atoms with Gasteiger partial charge in [0, 0.05) is 56.3 Å².